The molecule has 0 aliphatic carbocycles. The number of nitrogens with one attached hydrogen (secondary N) is 1. The maximum Gasteiger partial charge on any atom is 0.336 e. The summed E-state index contributed by atoms with van der Waals surface area (Å²) < 4.78 is 5.31. The molecule has 1 aliphatic heterocycles. The highest BCUT2D eigenvalue weighted by atomic mass is 16.6. The lowest BCUT2D eigenvalue weighted by molar-refractivity contribution is -0.384. The van der Waals surface area contributed by atoms with Crippen molar-refractivity contribution in [1.29, 1.82) is 0 Å². The van der Waals surface area contributed by atoms with Gasteiger partial charge < -0.3 is 15.2 Å². The SMILES string of the molecule is O=C(O)c1ccccc1C(=O)c1ccc(NCCCN2CCOCC2)c([N+](=O)[O-])c1. The van der Waals surface area contributed by atoms with Crippen molar-refractivity contribution < 1.29 is 24.4 Å². The second kappa shape index (κ2) is 9.95. The lowest BCUT2D eigenvalue weighted by atomic mass is 9.97. The Morgan fingerprint density at radius 1 is 1.13 bits per heavy atom. The molecule has 158 valence electrons. The molecule has 0 amide bonds. The number of nitro groups is 1. The Balaban J connectivity index is 1.71. The van der Waals surface area contributed by atoms with E-state index in [1.165, 1.54) is 36.4 Å². The van der Waals surface area contributed by atoms with Gasteiger partial charge in [0, 0.05) is 36.8 Å². The first-order valence-corrected chi connectivity index (χ1v) is 9.67. The molecule has 1 heterocycles. The van der Waals surface area contributed by atoms with Gasteiger partial charge in [-0.05, 0) is 31.2 Å². The van der Waals surface area contributed by atoms with Crippen molar-refractivity contribution in [3.05, 3.63) is 69.3 Å². The van der Waals surface area contributed by atoms with Gasteiger partial charge in [-0.2, -0.15) is 0 Å². The van der Waals surface area contributed by atoms with E-state index in [9.17, 15) is 24.8 Å². The van der Waals surface area contributed by atoms with E-state index in [4.69, 9.17) is 4.74 Å². The summed E-state index contributed by atoms with van der Waals surface area (Å²) in [5.41, 5.74) is 0.0142. The van der Waals surface area contributed by atoms with Crippen LogP contribution in [-0.2, 0) is 4.74 Å². The van der Waals surface area contributed by atoms with Gasteiger partial charge in [-0.3, -0.25) is 19.8 Å². The average molecular weight is 413 g/mol. The van der Waals surface area contributed by atoms with Gasteiger partial charge in [0.1, 0.15) is 5.69 Å². The Morgan fingerprint density at radius 3 is 2.50 bits per heavy atom. The summed E-state index contributed by atoms with van der Waals surface area (Å²) >= 11 is 0. The smallest absolute Gasteiger partial charge is 0.336 e. The number of ether oxygens (including phenoxy) is 1. The molecule has 2 N–H and O–H groups in total. The van der Waals surface area contributed by atoms with Crippen LogP contribution < -0.4 is 5.32 Å². The lowest BCUT2D eigenvalue weighted by Crippen LogP contribution is -2.37. The minimum absolute atomic E-state index is 0.00878. The number of carbonyl (C=O) groups excluding carboxylic acids is 1. The van der Waals surface area contributed by atoms with E-state index in [-0.39, 0.29) is 22.4 Å². The van der Waals surface area contributed by atoms with Crippen molar-refractivity contribution in [2.75, 3.05) is 44.7 Å². The van der Waals surface area contributed by atoms with E-state index in [1.54, 1.807) is 6.07 Å². The van der Waals surface area contributed by atoms with E-state index < -0.39 is 16.7 Å². The fourth-order valence-corrected chi connectivity index (χ4v) is 3.35. The van der Waals surface area contributed by atoms with Gasteiger partial charge in [-0.25, -0.2) is 4.79 Å². The highest BCUT2D eigenvalue weighted by Crippen LogP contribution is 2.27. The van der Waals surface area contributed by atoms with Crippen molar-refractivity contribution in [2.45, 2.75) is 6.42 Å². The Morgan fingerprint density at radius 2 is 1.83 bits per heavy atom. The first kappa shape index (κ1) is 21.4. The van der Waals surface area contributed by atoms with Crippen LogP contribution >= 0.6 is 0 Å². The Kier molecular flexibility index (Phi) is 7.10. The number of benzene rings is 2. The minimum Gasteiger partial charge on any atom is -0.478 e. The zero-order valence-corrected chi connectivity index (χ0v) is 16.4. The number of ketones is 1. The number of aromatic carboxylic acids is 1. The van der Waals surface area contributed by atoms with Crippen molar-refractivity contribution in [2.24, 2.45) is 0 Å². The Hall–Kier alpha value is -3.30. The van der Waals surface area contributed by atoms with Gasteiger partial charge >= 0.3 is 5.97 Å². The zero-order chi connectivity index (χ0) is 21.5. The van der Waals surface area contributed by atoms with Crippen LogP contribution in [0.4, 0.5) is 11.4 Å². The fourth-order valence-electron chi connectivity index (χ4n) is 3.35. The van der Waals surface area contributed by atoms with Crippen LogP contribution in [0.2, 0.25) is 0 Å². The third kappa shape index (κ3) is 5.19. The molecule has 9 heteroatoms. The van der Waals surface area contributed by atoms with Crippen molar-refractivity contribution >= 4 is 23.1 Å². The summed E-state index contributed by atoms with van der Waals surface area (Å²) in [4.78, 5) is 37.4. The molecule has 1 fully saturated rings. The van der Waals surface area contributed by atoms with Gasteiger partial charge in [-0.1, -0.05) is 18.2 Å². The average Bonchev–Trinajstić information content (AvgIpc) is 2.77. The maximum atomic E-state index is 12.8. The molecular formula is C21H23N3O6. The number of morpholine rings is 1. The number of carbonyl (C=O) groups is 2. The molecule has 0 aromatic heterocycles. The molecule has 30 heavy (non-hydrogen) atoms. The standard InChI is InChI=1S/C21H23N3O6/c25-20(16-4-1-2-5-17(16)21(26)27)15-6-7-18(19(14-15)24(28)29)22-8-3-9-23-10-12-30-13-11-23/h1-2,4-7,14,22H,3,8-13H2,(H,26,27). The third-order valence-corrected chi connectivity index (χ3v) is 4.93. The number of hydrogen-bond acceptors (Lipinski definition) is 7. The minimum atomic E-state index is -1.23. The topological polar surface area (TPSA) is 122 Å². The predicted molar refractivity (Wildman–Crippen MR) is 110 cm³/mol. The van der Waals surface area contributed by atoms with E-state index in [0.717, 1.165) is 39.3 Å². The zero-order valence-electron chi connectivity index (χ0n) is 16.4. The van der Waals surface area contributed by atoms with Gasteiger partial charge in [0.05, 0.1) is 23.7 Å². The van der Waals surface area contributed by atoms with Gasteiger partial charge in [-0.15, -0.1) is 0 Å². The highest BCUT2D eigenvalue weighted by molar-refractivity contribution is 6.14. The van der Waals surface area contributed by atoms with Crippen molar-refractivity contribution in [3.63, 3.8) is 0 Å². The summed E-state index contributed by atoms with van der Waals surface area (Å²) in [5, 5.41) is 23.9. The Bertz CT molecular complexity index is 940. The molecule has 0 atom stereocenters. The number of carboxylic acid groups (broad SMARTS) is 1. The summed E-state index contributed by atoms with van der Waals surface area (Å²) in [7, 11) is 0. The molecule has 2 aromatic carbocycles. The van der Waals surface area contributed by atoms with E-state index in [0.29, 0.717) is 12.2 Å². The van der Waals surface area contributed by atoms with E-state index in [2.05, 4.69) is 10.2 Å². The normalized spacial score (nSPS) is 14.3. The quantitative estimate of drug-likeness (QED) is 0.278. The molecule has 9 nitrogen and oxygen atoms in total. The van der Waals surface area contributed by atoms with Gasteiger partial charge in [0.2, 0.25) is 0 Å². The molecule has 1 saturated heterocycles. The van der Waals surface area contributed by atoms with Crippen LogP contribution in [0.1, 0.15) is 32.7 Å². The Labute approximate surface area is 173 Å². The number of carboxylic acids is 1. The summed E-state index contributed by atoms with van der Waals surface area (Å²) in [6, 6.07) is 9.95. The van der Waals surface area contributed by atoms with Crippen LogP contribution in [-0.4, -0.2) is 66.1 Å². The molecule has 0 bridgehead atoms. The number of nitro benzene ring substituents is 1. The molecule has 3 rings (SSSR count). The third-order valence-electron chi connectivity index (χ3n) is 4.93. The highest BCUT2D eigenvalue weighted by Gasteiger charge is 2.21. The number of anilines is 1. The second-order valence-corrected chi connectivity index (χ2v) is 6.90. The number of nitrogens with zero attached hydrogens (tertiary/aromatic N) is 2. The van der Waals surface area contributed by atoms with Crippen LogP contribution in [0.3, 0.4) is 0 Å². The number of hydrogen-bond donors (Lipinski definition) is 2. The van der Waals surface area contributed by atoms with Crippen molar-refractivity contribution in [1.82, 2.24) is 4.90 Å². The van der Waals surface area contributed by atoms with Crippen LogP contribution in [0.25, 0.3) is 0 Å². The largest absolute Gasteiger partial charge is 0.478 e. The molecule has 0 unspecified atom stereocenters. The molecular weight excluding hydrogens is 390 g/mol. The van der Waals surface area contributed by atoms with Crippen LogP contribution in [0.15, 0.2) is 42.5 Å². The maximum absolute atomic E-state index is 12.8. The van der Waals surface area contributed by atoms with Crippen molar-refractivity contribution in [3.8, 4) is 0 Å². The predicted octanol–water partition coefficient (Wildman–Crippen LogP) is 2.66. The number of rotatable bonds is 9. The molecule has 0 spiro atoms. The van der Waals surface area contributed by atoms with E-state index in [1.807, 2.05) is 0 Å². The second-order valence-electron chi connectivity index (χ2n) is 6.90. The van der Waals surface area contributed by atoms with Gasteiger partial charge in [0.15, 0.2) is 5.78 Å². The van der Waals surface area contributed by atoms with Crippen LogP contribution in [0.5, 0.6) is 0 Å². The summed E-state index contributed by atoms with van der Waals surface area (Å²) in [6.45, 7) is 4.63. The molecule has 1 aliphatic rings. The summed E-state index contributed by atoms with van der Waals surface area (Å²) in [6.07, 6.45) is 0.809. The van der Waals surface area contributed by atoms with Crippen LogP contribution in [0, 0.1) is 10.1 Å². The monoisotopic (exact) mass is 413 g/mol. The first-order chi connectivity index (χ1) is 14.5. The first-order valence-electron chi connectivity index (χ1n) is 9.67. The van der Waals surface area contributed by atoms with Gasteiger partial charge in [0.25, 0.3) is 5.69 Å². The van der Waals surface area contributed by atoms with E-state index >= 15 is 0 Å². The lowest BCUT2D eigenvalue weighted by Gasteiger charge is -2.26. The molecule has 0 saturated carbocycles. The fraction of sp³-hybridized carbons (Fsp3) is 0.333. The molecule has 2 aromatic rings. The molecule has 0 radical (unpaired) electrons. The summed E-state index contributed by atoms with van der Waals surface area (Å²) in [5.74, 6) is -1.80.